The Hall–Kier alpha value is -0.780. The molecule has 0 bridgehead atoms. The molecule has 0 unspecified atom stereocenters. The summed E-state index contributed by atoms with van der Waals surface area (Å²) < 4.78 is 12.2. The molecule has 0 aliphatic carbocycles. The number of methoxy groups -OCH3 is 1. The third-order valence-electron chi connectivity index (χ3n) is 2.55. The van der Waals surface area contributed by atoms with Crippen molar-refractivity contribution in [3.05, 3.63) is 22.2 Å². The lowest BCUT2D eigenvalue weighted by Gasteiger charge is -2.19. The fourth-order valence-electron chi connectivity index (χ4n) is 1.69. The zero-order chi connectivity index (χ0) is 14.3. The van der Waals surface area contributed by atoms with Crippen molar-refractivity contribution in [1.82, 2.24) is 5.32 Å². The third-order valence-corrected chi connectivity index (χ3v) is 3.30. The normalized spacial score (nSPS) is 10.8. The summed E-state index contributed by atoms with van der Waals surface area (Å²) in [5.41, 5.74) is 1.03. The molecule has 1 rings (SSSR count). The molecule has 2 N–H and O–H groups in total. The highest BCUT2D eigenvalue weighted by molar-refractivity contribution is 9.10. The number of halogens is 1. The second-order valence-electron chi connectivity index (χ2n) is 4.48. The number of nitrogens with one attached hydrogen (secondary N) is 1. The number of aliphatic hydroxyl groups is 1. The van der Waals surface area contributed by atoms with E-state index >= 15 is 0 Å². The van der Waals surface area contributed by atoms with Gasteiger partial charge in [0.2, 0.25) is 0 Å². The van der Waals surface area contributed by atoms with Crippen LogP contribution < -0.4 is 14.8 Å². The van der Waals surface area contributed by atoms with E-state index in [9.17, 15) is 0 Å². The Morgan fingerprint density at radius 1 is 1.37 bits per heavy atom. The summed E-state index contributed by atoms with van der Waals surface area (Å²) >= 11 is 3.54. The van der Waals surface area contributed by atoms with Crippen molar-refractivity contribution in [2.45, 2.75) is 32.9 Å². The van der Waals surface area contributed by atoms with E-state index in [0.717, 1.165) is 34.5 Å². The maximum atomic E-state index is 8.78. The van der Waals surface area contributed by atoms with Gasteiger partial charge in [-0.3, -0.25) is 0 Å². The van der Waals surface area contributed by atoms with Crippen molar-refractivity contribution in [1.29, 1.82) is 0 Å². The first-order valence-electron chi connectivity index (χ1n) is 6.43. The molecule has 0 atom stereocenters. The third kappa shape index (κ3) is 5.01. The summed E-state index contributed by atoms with van der Waals surface area (Å²) in [4.78, 5) is 0. The van der Waals surface area contributed by atoms with Crippen LogP contribution in [0.4, 0.5) is 0 Å². The van der Waals surface area contributed by atoms with E-state index < -0.39 is 0 Å². The van der Waals surface area contributed by atoms with Crippen LogP contribution >= 0.6 is 15.9 Å². The molecular weight excluding hydrogens is 310 g/mol. The fourth-order valence-corrected chi connectivity index (χ4v) is 2.14. The summed E-state index contributed by atoms with van der Waals surface area (Å²) in [7, 11) is 1.64. The minimum absolute atomic E-state index is 0.0828. The highest BCUT2D eigenvalue weighted by atomic mass is 79.9. The predicted octanol–water partition coefficient (Wildman–Crippen LogP) is 2.72. The predicted molar refractivity (Wildman–Crippen MR) is 79.9 cm³/mol. The van der Waals surface area contributed by atoms with Crippen LogP contribution in [-0.4, -0.2) is 31.5 Å². The molecule has 0 fully saturated rings. The second kappa shape index (κ2) is 8.40. The molecule has 0 aliphatic heterocycles. The second-order valence-corrected chi connectivity index (χ2v) is 5.33. The van der Waals surface area contributed by atoms with Crippen molar-refractivity contribution in [3.63, 3.8) is 0 Å². The van der Waals surface area contributed by atoms with Crippen LogP contribution in [0.25, 0.3) is 0 Å². The van der Waals surface area contributed by atoms with E-state index in [1.165, 1.54) is 0 Å². The molecule has 0 saturated carbocycles. The lowest BCUT2D eigenvalue weighted by molar-refractivity contribution is 0.227. The zero-order valence-corrected chi connectivity index (χ0v) is 13.3. The van der Waals surface area contributed by atoms with Gasteiger partial charge in [-0.05, 0) is 38.9 Å². The molecule has 0 radical (unpaired) electrons. The van der Waals surface area contributed by atoms with Crippen LogP contribution in [0.3, 0.4) is 0 Å². The minimum atomic E-state index is 0.0828. The molecule has 0 spiro atoms. The quantitative estimate of drug-likeness (QED) is 0.719. The number of hydrogen-bond donors (Lipinski definition) is 2. The van der Waals surface area contributed by atoms with Crippen LogP contribution in [0.5, 0.6) is 11.5 Å². The molecule has 0 heterocycles. The monoisotopic (exact) mass is 331 g/mol. The van der Waals surface area contributed by atoms with Crippen LogP contribution in [0, 0.1) is 0 Å². The maximum absolute atomic E-state index is 8.78. The summed E-state index contributed by atoms with van der Waals surface area (Å²) in [6, 6.07) is 3.84. The van der Waals surface area contributed by atoms with Gasteiger partial charge in [0.15, 0.2) is 11.5 Å². The summed E-state index contributed by atoms with van der Waals surface area (Å²) in [5, 5.41) is 12.1. The van der Waals surface area contributed by atoms with Crippen molar-refractivity contribution in [3.8, 4) is 11.5 Å². The van der Waals surface area contributed by atoms with Crippen molar-refractivity contribution in [2.24, 2.45) is 0 Å². The van der Waals surface area contributed by atoms with Gasteiger partial charge in [-0.25, -0.2) is 0 Å². The van der Waals surface area contributed by atoms with E-state index in [1.807, 2.05) is 26.0 Å². The first kappa shape index (κ1) is 16.3. The van der Waals surface area contributed by atoms with E-state index in [0.29, 0.717) is 6.54 Å². The van der Waals surface area contributed by atoms with Gasteiger partial charge in [-0.1, -0.05) is 15.9 Å². The number of ether oxygens (including phenoxy) is 2. The van der Waals surface area contributed by atoms with Crippen LogP contribution in [-0.2, 0) is 6.54 Å². The van der Waals surface area contributed by atoms with Gasteiger partial charge in [0.05, 0.1) is 13.2 Å². The maximum Gasteiger partial charge on any atom is 0.167 e. The van der Waals surface area contributed by atoms with Gasteiger partial charge in [-0.2, -0.15) is 0 Å². The molecule has 1 aromatic carbocycles. The van der Waals surface area contributed by atoms with Gasteiger partial charge < -0.3 is 19.9 Å². The van der Waals surface area contributed by atoms with Crippen molar-refractivity contribution >= 4 is 15.9 Å². The van der Waals surface area contributed by atoms with E-state index in [1.54, 1.807) is 7.11 Å². The summed E-state index contributed by atoms with van der Waals surface area (Å²) in [6.45, 7) is 5.61. The smallest absolute Gasteiger partial charge is 0.167 e. The largest absolute Gasteiger partial charge is 0.493 e. The Bertz CT molecular complexity index is 397. The molecule has 0 amide bonds. The van der Waals surface area contributed by atoms with Gasteiger partial charge >= 0.3 is 0 Å². The molecule has 5 heteroatoms. The Kier molecular flexibility index (Phi) is 7.20. The Morgan fingerprint density at radius 2 is 2.11 bits per heavy atom. The van der Waals surface area contributed by atoms with Gasteiger partial charge in [-0.15, -0.1) is 0 Å². The Balaban J connectivity index is 2.91. The zero-order valence-electron chi connectivity index (χ0n) is 11.7. The van der Waals surface area contributed by atoms with Crippen LogP contribution in [0.2, 0.25) is 0 Å². The summed E-state index contributed by atoms with van der Waals surface area (Å²) in [6.07, 6.45) is 0.821. The topological polar surface area (TPSA) is 50.7 Å². The molecule has 0 aromatic heterocycles. The molecular formula is C14H22BrNO3. The fraction of sp³-hybridized carbons (Fsp3) is 0.571. The molecule has 0 aliphatic rings. The highest BCUT2D eigenvalue weighted by Crippen LogP contribution is 2.36. The first-order chi connectivity index (χ1) is 9.10. The van der Waals surface area contributed by atoms with E-state index in [2.05, 4.69) is 21.2 Å². The Morgan fingerprint density at radius 3 is 2.68 bits per heavy atom. The molecule has 108 valence electrons. The van der Waals surface area contributed by atoms with E-state index in [-0.39, 0.29) is 12.7 Å². The lowest BCUT2D eigenvalue weighted by Crippen LogP contribution is -2.18. The number of rotatable bonds is 8. The van der Waals surface area contributed by atoms with Crippen LogP contribution in [0.1, 0.15) is 25.8 Å². The number of aliphatic hydroxyl groups excluding tert-OH is 1. The summed E-state index contributed by atoms with van der Waals surface area (Å²) in [5.74, 6) is 1.50. The first-order valence-corrected chi connectivity index (χ1v) is 7.23. The standard InChI is InChI=1S/C14H22BrNO3/c1-10(2)19-14-11(9-16-7-4-8-17)12(15)5-6-13(14)18-3/h5-6,10,16-17H,4,7-9H2,1-3H3. The van der Waals surface area contributed by atoms with Gasteiger partial charge in [0, 0.05) is 23.2 Å². The van der Waals surface area contributed by atoms with Crippen molar-refractivity contribution < 1.29 is 14.6 Å². The SMILES string of the molecule is COc1ccc(Br)c(CNCCCO)c1OC(C)C. The number of benzene rings is 1. The van der Waals surface area contributed by atoms with E-state index in [4.69, 9.17) is 14.6 Å². The van der Waals surface area contributed by atoms with Crippen molar-refractivity contribution in [2.75, 3.05) is 20.3 Å². The minimum Gasteiger partial charge on any atom is -0.493 e. The molecule has 1 aromatic rings. The highest BCUT2D eigenvalue weighted by Gasteiger charge is 2.15. The Labute approximate surface area is 123 Å². The van der Waals surface area contributed by atoms with Gasteiger partial charge in [0.1, 0.15) is 0 Å². The average Bonchev–Trinajstić information content (AvgIpc) is 2.37. The average molecular weight is 332 g/mol. The van der Waals surface area contributed by atoms with Crippen LogP contribution in [0.15, 0.2) is 16.6 Å². The van der Waals surface area contributed by atoms with Gasteiger partial charge in [0.25, 0.3) is 0 Å². The molecule has 19 heavy (non-hydrogen) atoms. The molecule has 4 nitrogen and oxygen atoms in total. The number of hydrogen-bond acceptors (Lipinski definition) is 4. The molecule has 0 saturated heterocycles. The lowest BCUT2D eigenvalue weighted by atomic mass is 10.1.